The Morgan fingerprint density at radius 1 is 1.19 bits per heavy atom. The minimum absolute atomic E-state index is 0.126. The fourth-order valence-electron chi connectivity index (χ4n) is 3.65. The van der Waals surface area contributed by atoms with Gasteiger partial charge in [-0.25, -0.2) is 0 Å². The highest BCUT2D eigenvalue weighted by Crippen LogP contribution is 2.28. The molecule has 21 heavy (non-hydrogen) atoms. The number of benzene rings is 1. The molecule has 1 saturated heterocycles. The first-order chi connectivity index (χ1) is 10.2. The number of rotatable bonds is 3. The first-order valence-electron chi connectivity index (χ1n) is 8.20. The second kappa shape index (κ2) is 6.61. The molecule has 114 valence electrons. The van der Waals surface area contributed by atoms with Crippen molar-refractivity contribution in [2.45, 2.75) is 51.2 Å². The van der Waals surface area contributed by atoms with Crippen molar-refractivity contribution in [3.63, 3.8) is 0 Å². The van der Waals surface area contributed by atoms with Gasteiger partial charge in [0.05, 0.1) is 12.2 Å². The zero-order chi connectivity index (χ0) is 14.7. The van der Waals surface area contributed by atoms with Crippen LogP contribution in [0.25, 0.3) is 0 Å². The summed E-state index contributed by atoms with van der Waals surface area (Å²) in [5, 5.41) is 0. The van der Waals surface area contributed by atoms with Gasteiger partial charge in [0.25, 0.3) is 0 Å². The fourth-order valence-corrected chi connectivity index (χ4v) is 3.65. The number of amides is 1. The lowest BCUT2D eigenvalue weighted by atomic mass is 10.0. The average molecular weight is 287 g/mol. The van der Waals surface area contributed by atoms with Gasteiger partial charge < -0.3 is 9.64 Å². The summed E-state index contributed by atoms with van der Waals surface area (Å²) in [4.78, 5) is 14.7. The lowest BCUT2D eigenvalue weighted by Crippen LogP contribution is -2.51. The van der Waals surface area contributed by atoms with E-state index < -0.39 is 0 Å². The van der Waals surface area contributed by atoms with Gasteiger partial charge in [-0.05, 0) is 25.3 Å². The van der Waals surface area contributed by atoms with Crippen molar-refractivity contribution in [3.8, 4) is 0 Å². The average Bonchev–Trinajstić information content (AvgIpc) is 3.01. The molecule has 1 aliphatic heterocycles. The van der Waals surface area contributed by atoms with Crippen LogP contribution in [-0.4, -0.2) is 36.1 Å². The number of nitrogens with zero attached hydrogens (tertiary/aromatic N) is 1. The molecule has 2 unspecified atom stereocenters. The molecule has 0 radical (unpaired) electrons. The highest BCUT2D eigenvalue weighted by atomic mass is 16.5. The number of hydrogen-bond acceptors (Lipinski definition) is 2. The van der Waals surface area contributed by atoms with Crippen LogP contribution in [0.1, 0.15) is 38.2 Å². The van der Waals surface area contributed by atoms with Crippen LogP contribution in [-0.2, 0) is 16.0 Å². The maximum Gasteiger partial charge on any atom is 0.225 e. The fraction of sp³-hybridized carbons (Fsp3) is 0.611. The number of hydrogen-bond donors (Lipinski definition) is 0. The molecular weight excluding hydrogens is 262 g/mol. The maximum atomic E-state index is 12.6. The molecule has 1 heterocycles. The molecule has 2 aliphatic rings. The molecule has 1 amide bonds. The van der Waals surface area contributed by atoms with E-state index in [9.17, 15) is 4.79 Å². The minimum Gasteiger partial charge on any atom is -0.371 e. The first-order valence-corrected chi connectivity index (χ1v) is 8.20. The highest BCUT2D eigenvalue weighted by Gasteiger charge is 2.33. The van der Waals surface area contributed by atoms with Crippen molar-refractivity contribution in [3.05, 3.63) is 35.9 Å². The Labute approximate surface area is 127 Å². The molecule has 1 aliphatic carbocycles. The number of morpholine rings is 1. The van der Waals surface area contributed by atoms with E-state index in [0.29, 0.717) is 5.91 Å². The molecular formula is C18H25NO2. The Morgan fingerprint density at radius 3 is 2.62 bits per heavy atom. The predicted octanol–water partition coefficient (Wildman–Crippen LogP) is 3.04. The number of carbonyl (C=O) groups is 1. The van der Waals surface area contributed by atoms with Crippen molar-refractivity contribution in [1.82, 2.24) is 4.90 Å². The molecule has 3 rings (SSSR count). The van der Waals surface area contributed by atoms with Crippen molar-refractivity contribution in [2.75, 3.05) is 13.1 Å². The van der Waals surface area contributed by atoms with Crippen LogP contribution in [0.2, 0.25) is 0 Å². The van der Waals surface area contributed by atoms with Gasteiger partial charge in [0.1, 0.15) is 0 Å². The predicted molar refractivity (Wildman–Crippen MR) is 83.0 cm³/mol. The summed E-state index contributed by atoms with van der Waals surface area (Å²) in [6.07, 6.45) is 5.73. The van der Waals surface area contributed by atoms with E-state index in [1.165, 1.54) is 18.4 Å². The second-order valence-corrected chi connectivity index (χ2v) is 6.48. The van der Waals surface area contributed by atoms with Gasteiger partial charge in [-0.1, -0.05) is 43.2 Å². The van der Waals surface area contributed by atoms with E-state index in [2.05, 4.69) is 36.1 Å². The monoisotopic (exact) mass is 287 g/mol. The third-order valence-corrected chi connectivity index (χ3v) is 4.65. The molecule has 2 fully saturated rings. The Morgan fingerprint density at radius 2 is 1.90 bits per heavy atom. The zero-order valence-electron chi connectivity index (χ0n) is 12.8. The van der Waals surface area contributed by atoms with Gasteiger partial charge in [0.2, 0.25) is 5.91 Å². The van der Waals surface area contributed by atoms with Crippen molar-refractivity contribution in [1.29, 1.82) is 0 Å². The van der Waals surface area contributed by atoms with Crippen LogP contribution in [0.4, 0.5) is 0 Å². The van der Waals surface area contributed by atoms with Crippen LogP contribution < -0.4 is 0 Å². The van der Waals surface area contributed by atoms with Gasteiger partial charge in [-0.2, -0.15) is 0 Å². The number of carbonyl (C=O) groups excluding carboxylic acids is 1. The van der Waals surface area contributed by atoms with E-state index in [1.807, 2.05) is 6.07 Å². The summed E-state index contributed by atoms with van der Waals surface area (Å²) >= 11 is 0. The standard InChI is InChI=1S/C18H25NO2/c1-14-12-19(18(20)16-9-5-6-10-16)13-17(21-14)11-15-7-3-2-4-8-15/h2-4,7-8,14,16-17H,5-6,9-13H2,1H3. The molecule has 1 aromatic rings. The molecule has 0 bridgehead atoms. The van der Waals surface area contributed by atoms with Gasteiger partial charge in [0, 0.05) is 25.4 Å². The largest absolute Gasteiger partial charge is 0.371 e. The topological polar surface area (TPSA) is 29.5 Å². The Kier molecular flexibility index (Phi) is 4.59. The lowest BCUT2D eigenvalue weighted by molar-refractivity contribution is -0.148. The van der Waals surface area contributed by atoms with E-state index in [1.54, 1.807) is 0 Å². The first kappa shape index (κ1) is 14.6. The molecule has 1 aromatic carbocycles. The Bertz CT molecular complexity index is 467. The summed E-state index contributed by atoms with van der Waals surface area (Å²) in [5.74, 6) is 0.633. The normalized spacial score (nSPS) is 27.0. The van der Waals surface area contributed by atoms with Crippen molar-refractivity contribution in [2.24, 2.45) is 5.92 Å². The van der Waals surface area contributed by atoms with Gasteiger partial charge in [-0.3, -0.25) is 4.79 Å². The van der Waals surface area contributed by atoms with Crippen molar-refractivity contribution < 1.29 is 9.53 Å². The van der Waals surface area contributed by atoms with Gasteiger partial charge in [0.15, 0.2) is 0 Å². The molecule has 2 atom stereocenters. The summed E-state index contributed by atoms with van der Waals surface area (Å²) in [5.41, 5.74) is 1.28. The SMILES string of the molecule is CC1CN(C(=O)C2CCCC2)CC(Cc2ccccc2)O1. The molecule has 3 heteroatoms. The van der Waals surface area contributed by atoms with Crippen LogP contribution in [0.3, 0.4) is 0 Å². The van der Waals surface area contributed by atoms with Crippen LogP contribution >= 0.6 is 0 Å². The second-order valence-electron chi connectivity index (χ2n) is 6.48. The number of ether oxygens (including phenoxy) is 1. The summed E-state index contributed by atoms with van der Waals surface area (Å²) in [6.45, 7) is 3.57. The van der Waals surface area contributed by atoms with Crippen LogP contribution in [0.15, 0.2) is 30.3 Å². The Balaban J connectivity index is 1.62. The van der Waals surface area contributed by atoms with E-state index in [-0.39, 0.29) is 18.1 Å². The third kappa shape index (κ3) is 3.65. The minimum atomic E-state index is 0.126. The summed E-state index contributed by atoms with van der Waals surface area (Å²) in [6, 6.07) is 10.4. The van der Waals surface area contributed by atoms with Gasteiger partial charge >= 0.3 is 0 Å². The van der Waals surface area contributed by atoms with E-state index in [0.717, 1.165) is 32.4 Å². The lowest BCUT2D eigenvalue weighted by Gasteiger charge is -2.38. The summed E-state index contributed by atoms with van der Waals surface area (Å²) in [7, 11) is 0. The van der Waals surface area contributed by atoms with Crippen molar-refractivity contribution >= 4 is 5.91 Å². The molecule has 0 spiro atoms. The summed E-state index contributed by atoms with van der Waals surface area (Å²) < 4.78 is 6.04. The molecule has 1 saturated carbocycles. The Hall–Kier alpha value is -1.35. The van der Waals surface area contributed by atoms with E-state index in [4.69, 9.17) is 4.74 Å². The van der Waals surface area contributed by atoms with Gasteiger partial charge in [-0.15, -0.1) is 0 Å². The smallest absolute Gasteiger partial charge is 0.225 e. The quantitative estimate of drug-likeness (QED) is 0.855. The highest BCUT2D eigenvalue weighted by molar-refractivity contribution is 5.79. The third-order valence-electron chi connectivity index (χ3n) is 4.65. The molecule has 0 aromatic heterocycles. The molecule has 0 N–H and O–H groups in total. The maximum absolute atomic E-state index is 12.6. The van der Waals surface area contributed by atoms with E-state index >= 15 is 0 Å². The van der Waals surface area contributed by atoms with Crippen LogP contribution in [0.5, 0.6) is 0 Å². The molecule has 3 nitrogen and oxygen atoms in total. The zero-order valence-corrected chi connectivity index (χ0v) is 12.8. The van der Waals surface area contributed by atoms with Crippen LogP contribution in [0, 0.1) is 5.92 Å².